The summed E-state index contributed by atoms with van der Waals surface area (Å²) in [6.45, 7) is 2.74. The molecule has 0 radical (unpaired) electrons. The zero-order chi connectivity index (χ0) is 13.7. The number of hydrogen-bond donors (Lipinski definition) is 1. The van der Waals surface area contributed by atoms with Crippen LogP contribution in [-0.2, 0) is 6.54 Å². The number of halogens is 1. The van der Waals surface area contributed by atoms with E-state index in [4.69, 9.17) is 5.11 Å². The quantitative estimate of drug-likeness (QED) is 0.624. The minimum absolute atomic E-state index is 0.242. The lowest BCUT2D eigenvalue weighted by Gasteiger charge is -2.17. The summed E-state index contributed by atoms with van der Waals surface area (Å²) in [7, 11) is 1.82. The first-order chi connectivity index (χ1) is 8.38. The molecule has 100 valence electrons. The lowest BCUT2D eigenvalue weighted by atomic mass is 10.1. The van der Waals surface area contributed by atoms with Crippen LogP contribution in [0.15, 0.2) is 18.2 Å². The van der Waals surface area contributed by atoms with E-state index in [2.05, 4.69) is 0 Å². The van der Waals surface area contributed by atoms with E-state index in [1.165, 1.54) is 12.1 Å². The van der Waals surface area contributed by atoms with Gasteiger partial charge in [-0.15, -0.1) is 0 Å². The van der Waals surface area contributed by atoms with E-state index in [9.17, 15) is 14.5 Å². The molecule has 0 spiro atoms. The normalized spacial score (nSPS) is 12.7. The Labute approximate surface area is 105 Å². The number of non-ortho nitro benzene ring substituents is 1. The van der Waals surface area contributed by atoms with Gasteiger partial charge in [0.05, 0.1) is 17.1 Å². The maximum Gasteiger partial charge on any atom is 0.272 e. The summed E-state index contributed by atoms with van der Waals surface area (Å²) in [6, 6.07) is 3.55. The van der Waals surface area contributed by atoms with Crippen molar-refractivity contribution < 1.29 is 14.4 Å². The summed E-state index contributed by atoms with van der Waals surface area (Å²) in [5.41, 5.74) is 0.309. The first kappa shape index (κ1) is 14.5. The monoisotopic (exact) mass is 256 g/mol. The van der Waals surface area contributed by atoms with E-state index in [1.54, 1.807) is 6.92 Å². The average Bonchev–Trinajstić information content (AvgIpc) is 2.25. The molecule has 0 aliphatic carbocycles. The number of nitro benzene ring substituents is 1. The fourth-order valence-corrected chi connectivity index (χ4v) is 1.63. The van der Waals surface area contributed by atoms with Crippen molar-refractivity contribution in [2.24, 2.45) is 0 Å². The van der Waals surface area contributed by atoms with Crippen molar-refractivity contribution in [1.82, 2.24) is 4.90 Å². The van der Waals surface area contributed by atoms with E-state index in [0.717, 1.165) is 6.07 Å². The molecule has 0 bridgehead atoms. The van der Waals surface area contributed by atoms with Crippen molar-refractivity contribution in [2.75, 3.05) is 13.6 Å². The third-order valence-electron chi connectivity index (χ3n) is 2.53. The second kappa shape index (κ2) is 6.42. The third kappa shape index (κ3) is 4.77. The lowest BCUT2D eigenvalue weighted by Crippen LogP contribution is -2.22. The van der Waals surface area contributed by atoms with Gasteiger partial charge in [0.1, 0.15) is 5.82 Å². The smallest absolute Gasteiger partial charge is 0.272 e. The van der Waals surface area contributed by atoms with Crippen molar-refractivity contribution in [3.05, 3.63) is 39.7 Å². The van der Waals surface area contributed by atoms with Crippen molar-refractivity contribution >= 4 is 5.69 Å². The van der Waals surface area contributed by atoms with E-state index in [1.807, 2.05) is 11.9 Å². The maximum absolute atomic E-state index is 13.2. The molecule has 1 N–H and O–H groups in total. The molecule has 0 heterocycles. The topological polar surface area (TPSA) is 66.6 Å². The Morgan fingerprint density at radius 2 is 2.17 bits per heavy atom. The van der Waals surface area contributed by atoms with Gasteiger partial charge >= 0.3 is 0 Å². The molecule has 1 aromatic carbocycles. The molecule has 0 aliphatic rings. The number of nitrogens with zero attached hydrogens (tertiary/aromatic N) is 2. The molecule has 1 atom stereocenters. The minimum atomic E-state index is -0.609. The van der Waals surface area contributed by atoms with Gasteiger partial charge in [0.25, 0.3) is 5.69 Å². The fourth-order valence-electron chi connectivity index (χ4n) is 1.63. The minimum Gasteiger partial charge on any atom is -0.393 e. The van der Waals surface area contributed by atoms with Gasteiger partial charge in [0.15, 0.2) is 0 Å². The average molecular weight is 256 g/mol. The number of rotatable bonds is 6. The molecule has 5 nitrogen and oxygen atoms in total. The van der Waals surface area contributed by atoms with Gasteiger partial charge in [0.2, 0.25) is 0 Å². The predicted molar refractivity (Wildman–Crippen MR) is 65.7 cm³/mol. The molecule has 1 aromatic rings. The zero-order valence-electron chi connectivity index (χ0n) is 10.5. The summed E-state index contributed by atoms with van der Waals surface area (Å²) in [5, 5.41) is 19.8. The molecule has 0 aromatic heterocycles. The van der Waals surface area contributed by atoms with Crippen molar-refractivity contribution in [1.29, 1.82) is 0 Å². The number of aliphatic hydroxyl groups excluding tert-OH is 1. The van der Waals surface area contributed by atoms with Crippen LogP contribution in [0.1, 0.15) is 18.9 Å². The highest BCUT2D eigenvalue weighted by atomic mass is 19.1. The summed E-state index contributed by atoms with van der Waals surface area (Å²) in [4.78, 5) is 11.9. The molecule has 1 unspecified atom stereocenters. The molecular weight excluding hydrogens is 239 g/mol. The summed E-state index contributed by atoms with van der Waals surface area (Å²) in [5.74, 6) is -0.608. The Morgan fingerprint density at radius 3 is 2.72 bits per heavy atom. The Bertz CT molecular complexity index is 424. The summed E-state index contributed by atoms with van der Waals surface area (Å²) >= 11 is 0. The van der Waals surface area contributed by atoms with Crippen LogP contribution in [0.4, 0.5) is 10.1 Å². The number of nitro groups is 1. The van der Waals surface area contributed by atoms with Crippen molar-refractivity contribution in [2.45, 2.75) is 26.0 Å². The Hall–Kier alpha value is -1.53. The van der Waals surface area contributed by atoms with Gasteiger partial charge in [0, 0.05) is 19.2 Å². The molecule has 0 saturated heterocycles. The second-order valence-corrected chi connectivity index (χ2v) is 4.45. The van der Waals surface area contributed by atoms with Crippen LogP contribution in [0.5, 0.6) is 0 Å². The zero-order valence-corrected chi connectivity index (χ0v) is 10.5. The molecule has 18 heavy (non-hydrogen) atoms. The SMILES string of the molecule is CC(O)CCN(C)Cc1cc(F)cc([N+](=O)[O-])c1. The molecule has 0 fully saturated rings. The highest BCUT2D eigenvalue weighted by molar-refractivity contribution is 5.35. The van der Waals surface area contributed by atoms with E-state index in [-0.39, 0.29) is 5.69 Å². The lowest BCUT2D eigenvalue weighted by molar-refractivity contribution is -0.385. The summed E-state index contributed by atoms with van der Waals surface area (Å²) in [6.07, 6.45) is 0.211. The molecule has 1 rings (SSSR count). The largest absolute Gasteiger partial charge is 0.393 e. The Balaban J connectivity index is 2.69. The molecular formula is C12H17FN2O3. The van der Waals surface area contributed by atoms with Crippen molar-refractivity contribution in [3.8, 4) is 0 Å². The van der Waals surface area contributed by atoms with Crippen LogP contribution < -0.4 is 0 Å². The molecule has 6 heteroatoms. The standard InChI is InChI=1S/C12H17FN2O3/c1-9(16)3-4-14(2)8-10-5-11(13)7-12(6-10)15(17)18/h5-7,9,16H,3-4,8H2,1-2H3. The van der Waals surface area contributed by atoms with Crippen LogP contribution >= 0.6 is 0 Å². The highest BCUT2D eigenvalue weighted by Crippen LogP contribution is 2.17. The van der Waals surface area contributed by atoms with Crippen LogP contribution in [0.2, 0.25) is 0 Å². The number of hydrogen-bond acceptors (Lipinski definition) is 4. The fraction of sp³-hybridized carbons (Fsp3) is 0.500. The van der Waals surface area contributed by atoms with Gasteiger partial charge in [-0.3, -0.25) is 10.1 Å². The van der Waals surface area contributed by atoms with Crippen LogP contribution in [-0.4, -0.2) is 34.6 Å². The van der Waals surface area contributed by atoms with E-state index in [0.29, 0.717) is 25.1 Å². The van der Waals surface area contributed by atoms with Crippen molar-refractivity contribution in [3.63, 3.8) is 0 Å². The number of benzene rings is 1. The van der Waals surface area contributed by atoms with Crippen LogP contribution in [0.25, 0.3) is 0 Å². The van der Waals surface area contributed by atoms with Gasteiger partial charge in [-0.05, 0) is 32.0 Å². The Morgan fingerprint density at radius 1 is 1.50 bits per heavy atom. The van der Waals surface area contributed by atoms with Crippen LogP contribution in [0, 0.1) is 15.9 Å². The first-order valence-electron chi connectivity index (χ1n) is 5.69. The maximum atomic E-state index is 13.2. The summed E-state index contributed by atoms with van der Waals surface area (Å²) < 4.78 is 13.2. The second-order valence-electron chi connectivity index (χ2n) is 4.45. The number of aliphatic hydroxyl groups is 1. The van der Waals surface area contributed by atoms with E-state index >= 15 is 0 Å². The van der Waals surface area contributed by atoms with Gasteiger partial charge < -0.3 is 10.0 Å². The van der Waals surface area contributed by atoms with E-state index < -0.39 is 16.8 Å². The Kier molecular flexibility index (Phi) is 5.18. The van der Waals surface area contributed by atoms with Gasteiger partial charge in [-0.1, -0.05) is 0 Å². The predicted octanol–water partition coefficient (Wildman–Crippen LogP) is 1.94. The first-order valence-corrected chi connectivity index (χ1v) is 5.69. The van der Waals surface area contributed by atoms with Gasteiger partial charge in [-0.2, -0.15) is 0 Å². The van der Waals surface area contributed by atoms with Crippen LogP contribution in [0.3, 0.4) is 0 Å². The van der Waals surface area contributed by atoms with Gasteiger partial charge in [-0.25, -0.2) is 4.39 Å². The molecule has 0 aliphatic heterocycles. The molecule has 0 saturated carbocycles. The highest BCUT2D eigenvalue weighted by Gasteiger charge is 2.11. The third-order valence-corrected chi connectivity index (χ3v) is 2.53. The molecule has 0 amide bonds.